The number of hydrogen-bond donors (Lipinski definition) is 1. The van der Waals surface area contributed by atoms with Crippen molar-refractivity contribution in [2.45, 2.75) is 24.7 Å². The van der Waals surface area contributed by atoms with E-state index in [0.29, 0.717) is 18.7 Å². The number of likely N-dealkylation sites (tertiary alicyclic amines) is 1. The van der Waals surface area contributed by atoms with E-state index in [4.69, 9.17) is 4.74 Å². The third-order valence-electron chi connectivity index (χ3n) is 4.14. The van der Waals surface area contributed by atoms with Crippen LogP contribution >= 0.6 is 11.8 Å². The van der Waals surface area contributed by atoms with Gasteiger partial charge in [-0.25, -0.2) is 4.79 Å². The average Bonchev–Trinajstić information content (AvgIpc) is 2.66. The average molecular weight is 364 g/mol. The molecule has 0 aromatic heterocycles. The summed E-state index contributed by atoms with van der Waals surface area (Å²) in [7, 11) is 0. The summed E-state index contributed by atoms with van der Waals surface area (Å²) in [4.78, 5) is 38.9. The van der Waals surface area contributed by atoms with E-state index in [0.717, 1.165) is 17.7 Å². The summed E-state index contributed by atoms with van der Waals surface area (Å²) in [5.74, 6) is -0.605. The summed E-state index contributed by atoms with van der Waals surface area (Å²) in [6, 6.07) is 7.22. The molecule has 1 N–H and O–H groups in total. The predicted octanol–water partition coefficient (Wildman–Crippen LogP) is 2.58. The molecule has 7 heteroatoms. The molecule has 1 atom stereocenters. The largest absolute Gasteiger partial charge is 0.465 e. The van der Waals surface area contributed by atoms with Crippen molar-refractivity contribution in [2.24, 2.45) is 5.92 Å². The van der Waals surface area contributed by atoms with Crippen LogP contribution in [0.3, 0.4) is 0 Å². The van der Waals surface area contributed by atoms with Gasteiger partial charge < -0.3 is 15.0 Å². The molecule has 1 aliphatic rings. The topological polar surface area (TPSA) is 75.7 Å². The fourth-order valence-electron chi connectivity index (χ4n) is 2.84. The highest BCUT2D eigenvalue weighted by Gasteiger charge is 2.29. The van der Waals surface area contributed by atoms with Gasteiger partial charge in [0.25, 0.3) is 0 Å². The summed E-state index contributed by atoms with van der Waals surface area (Å²) in [6.07, 6.45) is 3.53. The zero-order valence-electron chi connectivity index (χ0n) is 14.6. The number of benzene rings is 1. The Labute approximate surface area is 152 Å². The Morgan fingerprint density at radius 3 is 2.64 bits per heavy atom. The number of carbonyl (C=O) groups is 3. The van der Waals surface area contributed by atoms with Crippen molar-refractivity contribution < 1.29 is 19.1 Å². The van der Waals surface area contributed by atoms with Crippen LogP contribution in [0.1, 0.15) is 30.1 Å². The van der Waals surface area contributed by atoms with Gasteiger partial charge in [0, 0.05) is 29.5 Å². The van der Waals surface area contributed by atoms with Gasteiger partial charge in [-0.3, -0.25) is 9.59 Å². The Balaban J connectivity index is 1.91. The number of piperidine rings is 1. The number of rotatable bonds is 6. The van der Waals surface area contributed by atoms with Gasteiger partial charge in [0.15, 0.2) is 5.78 Å². The first-order chi connectivity index (χ1) is 12.0. The third-order valence-corrected chi connectivity index (χ3v) is 4.89. The van der Waals surface area contributed by atoms with Gasteiger partial charge in [-0.15, -0.1) is 11.8 Å². The fraction of sp³-hybridized carbons (Fsp3) is 0.500. The van der Waals surface area contributed by atoms with Crippen molar-refractivity contribution in [3.63, 3.8) is 0 Å². The third kappa shape index (κ3) is 5.49. The zero-order chi connectivity index (χ0) is 18.2. The van der Waals surface area contributed by atoms with Crippen molar-refractivity contribution in [3.8, 4) is 0 Å². The van der Waals surface area contributed by atoms with Crippen molar-refractivity contribution in [2.75, 3.05) is 32.5 Å². The molecule has 0 saturated carbocycles. The van der Waals surface area contributed by atoms with Crippen LogP contribution in [0, 0.1) is 5.92 Å². The number of nitrogens with zero attached hydrogens (tertiary/aromatic N) is 1. The maximum Gasteiger partial charge on any atom is 0.325 e. The molecule has 1 aliphatic heterocycles. The lowest BCUT2D eigenvalue weighted by Crippen LogP contribution is -2.48. The number of Topliss-reactive ketones (excluding diaryl/α,β-unsaturated/α-hetero) is 1. The molecule has 6 nitrogen and oxygen atoms in total. The number of nitrogens with one attached hydrogen (secondary N) is 1. The molecule has 1 saturated heterocycles. The zero-order valence-corrected chi connectivity index (χ0v) is 15.4. The minimum absolute atomic E-state index is 0.0653. The van der Waals surface area contributed by atoms with Crippen molar-refractivity contribution in [3.05, 3.63) is 29.8 Å². The van der Waals surface area contributed by atoms with Crippen LogP contribution < -0.4 is 5.32 Å². The molecular weight excluding hydrogens is 340 g/mol. The van der Waals surface area contributed by atoms with Crippen LogP contribution in [0.4, 0.5) is 4.79 Å². The molecule has 0 radical (unpaired) electrons. The lowest BCUT2D eigenvalue weighted by molar-refractivity contribution is -0.141. The Morgan fingerprint density at radius 1 is 1.28 bits per heavy atom. The molecule has 2 amide bonds. The van der Waals surface area contributed by atoms with Crippen LogP contribution in [0.15, 0.2) is 29.2 Å². The fourth-order valence-corrected chi connectivity index (χ4v) is 3.25. The molecule has 0 bridgehead atoms. The number of thioether (sulfide) groups is 1. The Morgan fingerprint density at radius 2 is 2.00 bits per heavy atom. The number of carbonyl (C=O) groups excluding carboxylic acids is 3. The summed E-state index contributed by atoms with van der Waals surface area (Å²) in [5, 5.41) is 2.55. The van der Waals surface area contributed by atoms with Crippen LogP contribution in [0.25, 0.3) is 0 Å². The van der Waals surface area contributed by atoms with E-state index in [-0.39, 0.29) is 30.9 Å². The Kier molecular flexibility index (Phi) is 7.31. The summed E-state index contributed by atoms with van der Waals surface area (Å²) in [5.41, 5.74) is 0.677. The summed E-state index contributed by atoms with van der Waals surface area (Å²) in [6.45, 7) is 2.80. The standard InChI is InChI=1S/C18H24N2O4S/c1-3-24-16(21)11-19-18(23)20-10-4-5-14(12-20)17(22)13-6-8-15(25-2)9-7-13/h6-9,14H,3-5,10-12H2,1-2H3,(H,19,23). The first-order valence-corrected chi connectivity index (χ1v) is 9.64. The number of ketones is 1. The van der Waals surface area contributed by atoms with E-state index in [1.165, 1.54) is 0 Å². The number of amides is 2. The quantitative estimate of drug-likeness (QED) is 0.477. The number of hydrogen-bond acceptors (Lipinski definition) is 5. The van der Waals surface area contributed by atoms with Gasteiger partial charge in [-0.05, 0) is 38.2 Å². The molecule has 1 unspecified atom stereocenters. The molecular formula is C18H24N2O4S. The lowest BCUT2D eigenvalue weighted by atomic mass is 9.90. The van der Waals surface area contributed by atoms with Gasteiger partial charge in [0.1, 0.15) is 6.54 Å². The maximum atomic E-state index is 12.7. The molecule has 1 aromatic rings. The second-order valence-corrected chi connectivity index (χ2v) is 6.72. The molecule has 2 rings (SSSR count). The SMILES string of the molecule is CCOC(=O)CNC(=O)N1CCCC(C(=O)c2ccc(SC)cc2)C1. The highest BCUT2D eigenvalue weighted by Crippen LogP contribution is 2.22. The van der Waals surface area contributed by atoms with Crippen LogP contribution in [0.5, 0.6) is 0 Å². The van der Waals surface area contributed by atoms with Gasteiger partial charge in [0.2, 0.25) is 0 Å². The van der Waals surface area contributed by atoms with Crippen molar-refractivity contribution >= 4 is 29.5 Å². The second kappa shape index (κ2) is 9.46. The molecule has 136 valence electrons. The van der Waals surface area contributed by atoms with Gasteiger partial charge >= 0.3 is 12.0 Å². The van der Waals surface area contributed by atoms with E-state index < -0.39 is 5.97 Å². The van der Waals surface area contributed by atoms with Crippen LogP contribution in [0.2, 0.25) is 0 Å². The van der Waals surface area contributed by atoms with E-state index in [1.54, 1.807) is 23.6 Å². The first kappa shape index (κ1) is 19.3. The number of esters is 1. The van der Waals surface area contributed by atoms with Gasteiger partial charge in [0.05, 0.1) is 6.61 Å². The van der Waals surface area contributed by atoms with Crippen molar-refractivity contribution in [1.29, 1.82) is 0 Å². The minimum Gasteiger partial charge on any atom is -0.465 e. The molecule has 0 aliphatic carbocycles. The Hall–Kier alpha value is -2.02. The number of urea groups is 1. The molecule has 1 aromatic carbocycles. The smallest absolute Gasteiger partial charge is 0.325 e. The van der Waals surface area contributed by atoms with Crippen molar-refractivity contribution in [1.82, 2.24) is 10.2 Å². The number of ether oxygens (including phenoxy) is 1. The van der Waals surface area contributed by atoms with Gasteiger partial charge in [-0.1, -0.05) is 12.1 Å². The van der Waals surface area contributed by atoms with E-state index >= 15 is 0 Å². The highest BCUT2D eigenvalue weighted by atomic mass is 32.2. The van der Waals surface area contributed by atoms with Crippen LogP contribution in [-0.4, -0.2) is 55.2 Å². The maximum absolute atomic E-state index is 12.7. The normalized spacial score (nSPS) is 17.0. The molecule has 1 fully saturated rings. The van der Waals surface area contributed by atoms with E-state index in [1.807, 2.05) is 30.5 Å². The minimum atomic E-state index is -0.464. The summed E-state index contributed by atoms with van der Waals surface area (Å²) < 4.78 is 4.79. The monoisotopic (exact) mass is 364 g/mol. The second-order valence-electron chi connectivity index (χ2n) is 5.84. The highest BCUT2D eigenvalue weighted by molar-refractivity contribution is 7.98. The van der Waals surface area contributed by atoms with E-state index in [2.05, 4.69) is 5.32 Å². The molecule has 1 heterocycles. The van der Waals surface area contributed by atoms with Gasteiger partial charge in [-0.2, -0.15) is 0 Å². The Bertz CT molecular complexity index is 618. The van der Waals surface area contributed by atoms with Crippen LogP contribution in [-0.2, 0) is 9.53 Å². The predicted molar refractivity (Wildman–Crippen MR) is 96.9 cm³/mol. The molecule has 25 heavy (non-hydrogen) atoms. The lowest BCUT2D eigenvalue weighted by Gasteiger charge is -2.32. The summed E-state index contributed by atoms with van der Waals surface area (Å²) >= 11 is 1.63. The first-order valence-electron chi connectivity index (χ1n) is 8.41. The molecule has 0 spiro atoms. The van der Waals surface area contributed by atoms with E-state index in [9.17, 15) is 14.4 Å².